The molecular weight excluding hydrogens is 216 g/mol. The van der Waals surface area contributed by atoms with Crippen molar-refractivity contribution < 1.29 is 9.47 Å². The molecule has 1 aromatic carbocycles. The summed E-state index contributed by atoms with van der Waals surface area (Å²) in [6.07, 6.45) is -0.406. The lowest BCUT2D eigenvalue weighted by atomic mass is 10.2. The molecule has 1 aromatic heterocycles. The Labute approximate surface area is 101 Å². The van der Waals surface area contributed by atoms with Crippen LogP contribution in [0, 0.1) is 6.92 Å². The van der Waals surface area contributed by atoms with Gasteiger partial charge in [-0.15, -0.1) is 0 Å². The van der Waals surface area contributed by atoms with Crippen LogP contribution in [-0.2, 0) is 9.47 Å². The third-order valence-electron chi connectivity index (χ3n) is 2.59. The standard InChI is InChI=1S/C13H18N2O2/c1-4-16-13(17-5-2)12-14-10-8-6-7-9(3)11(10)15-12/h6-8,13H,4-5H2,1-3H3,(H,14,15). The maximum atomic E-state index is 5.52. The highest BCUT2D eigenvalue weighted by Crippen LogP contribution is 2.21. The fourth-order valence-corrected chi connectivity index (χ4v) is 1.81. The largest absolute Gasteiger partial charge is 0.346 e. The number of ether oxygens (including phenoxy) is 2. The molecule has 17 heavy (non-hydrogen) atoms. The maximum absolute atomic E-state index is 5.52. The third kappa shape index (κ3) is 2.48. The van der Waals surface area contributed by atoms with E-state index in [-0.39, 0.29) is 0 Å². The van der Waals surface area contributed by atoms with Gasteiger partial charge in [0.1, 0.15) is 0 Å². The quantitative estimate of drug-likeness (QED) is 0.809. The van der Waals surface area contributed by atoms with E-state index in [1.807, 2.05) is 39.0 Å². The highest BCUT2D eigenvalue weighted by molar-refractivity contribution is 5.78. The van der Waals surface area contributed by atoms with Gasteiger partial charge >= 0.3 is 0 Å². The van der Waals surface area contributed by atoms with Gasteiger partial charge < -0.3 is 14.5 Å². The Bertz CT molecular complexity index is 487. The van der Waals surface area contributed by atoms with E-state index in [0.717, 1.165) is 22.4 Å². The number of H-pyrrole nitrogens is 1. The van der Waals surface area contributed by atoms with Crippen LogP contribution in [-0.4, -0.2) is 23.2 Å². The number of aromatic amines is 1. The average molecular weight is 234 g/mol. The molecule has 0 aliphatic heterocycles. The molecular formula is C13H18N2O2. The zero-order valence-corrected chi connectivity index (χ0v) is 10.5. The molecule has 4 nitrogen and oxygen atoms in total. The first kappa shape index (κ1) is 12.1. The van der Waals surface area contributed by atoms with Gasteiger partial charge in [-0.05, 0) is 32.4 Å². The van der Waals surface area contributed by atoms with E-state index in [9.17, 15) is 0 Å². The second-order valence-electron chi connectivity index (χ2n) is 3.84. The SMILES string of the molecule is CCOC(OCC)c1nc2c(C)cccc2[nH]1. The number of fused-ring (bicyclic) bond motifs is 1. The number of imidazole rings is 1. The van der Waals surface area contributed by atoms with E-state index in [2.05, 4.69) is 9.97 Å². The minimum absolute atomic E-state index is 0.406. The number of hydrogen-bond donors (Lipinski definition) is 1. The number of hydrogen-bond acceptors (Lipinski definition) is 3. The van der Waals surface area contributed by atoms with E-state index in [0.29, 0.717) is 13.2 Å². The first-order chi connectivity index (χ1) is 8.26. The van der Waals surface area contributed by atoms with Crippen LogP contribution in [0.25, 0.3) is 11.0 Å². The van der Waals surface area contributed by atoms with Crippen LogP contribution >= 0.6 is 0 Å². The number of rotatable bonds is 5. The smallest absolute Gasteiger partial charge is 0.217 e. The molecule has 0 spiro atoms. The van der Waals surface area contributed by atoms with Crippen LogP contribution in [0.15, 0.2) is 18.2 Å². The van der Waals surface area contributed by atoms with Gasteiger partial charge in [-0.1, -0.05) is 12.1 Å². The van der Waals surface area contributed by atoms with Crippen LogP contribution in [0.3, 0.4) is 0 Å². The van der Waals surface area contributed by atoms with Crippen LogP contribution in [0.5, 0.6) is 0 Å². The summed E-state index contributed by atoms with van der Waals surface area (Å²) in [4.78, 5) is 7.79. The summed E-state index contributed by atoms with van der Waals surface area (Å²) in [6.45, 7) is 7.13. The fraction of sp³-hybridized carbons (Fsp3) is 0.462. The molecule has 0 atom stereocenters. The number of benzene rings is 1. The van der Waals surface area contributed by atoms with Crippen molar-refractivity contribution in [2.45, 2.75) is 27.1 Å². The summed E-state index contributed by atoms with van der Waals surface area (Å²) in [6, 6.07) is 6.06. The first-order valence-electron chi connectivity index (χ1n) is 5.94. The van der Waals surface area contributed by atoms with Gasteiger partial charge in [0.2, 0.25) is 6.29 Å². The Hall–Kier alpha value is -1.39. The Kier molecular flexibility index (Phi) is 3.76. The first-order valence-corrected chi connectivity index (χ1v) is 5.94. The minimum Gasteiger partial charge on any atom is -0.346 e. The molecule has 0 bridgehead atoms. The lowest BCUT2D eigenvalue weighted by Crippen LogP contribution is -2.10. The monoisotopic (exact) mass is 234 g/mol. The summed E-state index contributed by atoms with van der Waals surface area (Å²) in [5, 5.41) is 0. The van der Waals surface area contributed by atoms with Crippen molar-refractivity contribution in [3.05, 3.63) is 29.6 Å². The lowest BCUT2D eigenvalue weighted by Gasteiger charge is -2.13. The average Bonchev–Trinajstić information content (AvgIpc) is 2.74. The van der Waals surface area contributed by atoms with Crippen molar-refractivity contribution in [3.8, 4) is 0 Å². The predicted molar refractivity (Wildman–Crippen MR) is 66.8 cm³/mol. The second-order valence-corrected chi connectivity index (χ2v) is 3.84. The molecule has 2 aromatic rings. The Balaban J connectivity index is 2.36. The van der Waals surface area contributed by atoms with Crippen molar-refractivity contribution in [2.24, 2.45) is 0 Å². The van der Waals surface area contributed by atoms with Crippen LogP contribution in [0.4, 0.5) is 0 Å². The summed E-state index contributed by atoms with van der Waals surface area (Å²) in [5.74, 6) is 0.734. The van der Waals surface area contributed by atoms with Gasteiger partial charge in [0.05, 0.1) is 11.0 Å². The molecule has 0 unspecified atom stereocenters. The highest BCUT2D eigenvalue weighted by Gasteiger charge is 2.16. The summed E-state index contributed by atoms with van der Waals surface area (Å²) < 4.78 is 11.0. The van der Waals surface area contributed by atoms with Gasteiger partial charge in [-0.2, -0.15) is 0 Å². The van der Waals surface area contributed by atoms with E-state index in [1.165, 1.54) is 0 Å². The second kappa shape index (κ2) is 5.29. The number of para-hydroxylation sites is 1. The number of aromatic nitrogens is 2. The molecule has 0 aliphatic rings. The van der Waals surface area contributed by atoms with E-state index >= 15 is 0 Å². The van der Waals surface area contributed by atoms with E-state index < -0.39 is 6.29 Å². The molecule has 1 N–H and O–H groups in total. The Morgan fingerprint density at radius 3 is 2.53 bits per heavy atom. The van der Waals surface area contributed by atoms with Gasteiger partial charge in [-0.3, -0.25) is 0 Å². The molecule has 2 rings (SSSR count). The summed E-state index contributed by atoms with van der Waals surface area (Å²) in [5.41, 5.74) is 3.15. The highest BCUT2D eigenvalue weighted by atomic mass is 16.7. The molecule has 1 heterocycles. The number of nitrogens with zero attached hydrogens (tertiary/aromatic N) is 1. The predicted octanol–water partition coefficient (Wildman–Crippen LogP) is 2.94. The van der Waals surface area contributed by atoms with Crippen molar-refractivity contribution in [1.82, 2.24) is 9.97 Å². The van der Waals surface area contributed by atoms with Crippen molar-refractivity contribution in [1.29, 1.82) is 0 Å². The van der Waals surface area contributed by atoms with Gasteiger partial charge in [0, 0.05) is 13.2 Å². The normalized spacial score (nSPS) is 11.5. The summed E-state index contributed by atoms with van der Waals surface area (Å²) in [7, 11) is 0. The van der Waals surface area contributed by atoms with E-state index in [4.69, 9.17) is 9.47 Å². The minimum atomic E-state index is -0.406. The molecule has 0 radical (unpaired) electrons. The molecule has 0 amide bonds. The zero-order chi connectivity index (χ0) is 12.3. The molecule has 4 heteroatoms. The topological polar surface area (TPSA) is 47.1 Å². The maximum Gasteiger partial charge on any atom is 0.217 e. The van der Waals surface area contributed by atoms with Crippen molar-refractivity contribution in [3.63, 3.8) is 0 Å². The number of nitrogens with one attached hydrogen (secondary N) is 1. The zero-order valence-electron chi connectivity index (χ0n) is 10.5. The molecule has 0 saturated carbocycles. The molecule has 92 valence electrons. The fourth-order valence-electron chi connectivity index (χ4n) is 1.81. The van der Waals surface area contributed by atoms with Gasteiger partial charge in [-0.25, -0.2) is 4.98 Å². The Morgan fingerprint density at radius 1 is 1.24 bits per heavy atom. The van der Waals surface area contributed by atoms with Crippen LogP contribution < -0.4 is 0 Å². The summed E-state index contributed by atoms with van der Waals surface area (Å²) >= 11 is 0. The van der Waals surface area contributed by atoms with Gasteiger partial charge in [0.15, 0.2) is 5.82 Å². The lowest BCUT2D eigenvalue weighted by molar-refractivity contribution is -0.144. The van der Waals surface area contributed by atoms with E-state index in [1.54, 1.807) is 0 Å². The van der Waals surface area contributed by atoms with Crippen LogP contribution in [0.2, 0.25) is 0 Å². The van der Waals surface area contributed by atoms with Crippen LogP contribution in [0.1, 0.15) is 31.5 Å². The van der Waals surface area contributed by atoms with Gasteiger partial charge in [0.25, 0.3) is 0 Å². The molecule has 0 saturated heterocycles. The Morgan fingerprint density at radius 2 is 1.94 bits per heavy atom. The third-order valence-corrected chi connectivity index (χ3v) is 2.59. The number of aryl methyl sites for hydroxylation is 1. The van der Waals surface area contributed by atoms with Crippen molar-refractivity contribution >= 4 is 11.0 Å². The molecule has 0 aliphatic carbocycles. The van der Waals surface area contributed by atoms with Crippen molar-refractivity contribution in [2.75, 3.05) is 13.2 Å². The molecule has 0 fully saturated rings.